The maximum Gasteiger partial charge on any atom is 0.306 e. The molecule has 0 radical (unpaired) electrons. The van der Waals surface area contributed by atoms with Crippen LogP contribution < -0.4 is 0 Å². The van der Waals surface area contributed by atoms with Gasteiger partial charge in [0, 0.05) is 12.5 Å². The van der Waals surface area contributed by atoms with Gasteiger partial charge in [-0.05, 0) is 0 Å². The zero-order valence-electron chi connectivity index (χ0n) is 7.55. The van der Waals surface area contributed by atoms with Crippen LogP contribution in [0.2, 0.25) is 0 Å². The first kappa shape index (κ1) is 10.4. The molecular formula is C8H16O3. The Morgan fingerprint density at radius 3 is 2.36 bits per heavy atom. The largest absolute Gasteiger partial charge is 0.481 e. The van der Waals surface area contributed by atoms with Crippen molar-refractivity contribution in [2.24, 2.45) is 11.3 Å². The smallest absolute Gasteiger partial charge is 0.306 e. The molecule has 0 amide bonds. The van der Waals surface area contributed by atoms with Gasteiger partial charge >= 0.3 is 5.97 Å². The zero-order valence-corrected chi connectivity index (χ0v) is 7.55. The molecule has 0 rings (SSSR count). The molecule has 1 atom stereocenters. The highest BCUT2D eigenvalue weighted by Gasteiger charge is 2.30. The Balaban J connectivity index is 4.16. The van der Waals surface area contributed by atoms with Crippen LogP contribution in [0.3, 0.4) is 0 Å². The van der Waals surface area contributed by atoms with E-state index in [1.165, 1.54) is 0 Å². The lowest BCUT2D eigenvalue weighted by Crippen LogP contribution is -2.32. The molecule has 0 fully saturated rings. The first-order valence-corrected chi connectivity index (χ1v) is 3.63. The fraction of sp³-hybridized carbons (Fsp3) is 0.875. The molecule has 0 aromatic rings. The third kappa shape index (κ3) is 2.89. The third-order valence-electron chi connectivity index (χ3n) is 2.06. The Hall–Kier alpha value is -0.570. The summed E-state index contributed by atoms with van der Waals surface area (Å²) in [6, 6.07) is 0. The summed E-state index contributed by atoms with van der Waals surface area (Å²) in [6.07, 6.45) is 0. The maximum absolute atomic E-state index is 10.6. The van der Waals surface area contributed by atoms with E-state index in [1.54, 1.807) is 14.0 Å². The van der Waals surface area contributed by atoms with Gasteiger partial charge in [-0.1, -0.05) is 20.8 Å². The molecular weight excluding hydrogens is 144 g/mol. The molecule has 0 saturated heterocycles. The van der Waals surface area contributed by atoms with Gasteiger partial charge in [0.05, 0.1) is 12.5 Å². The second-order valence-corrected chi connectivity index (χ2v) is 3.48. The van der Waals surface area contributed by atoms with E-state index in [9.17, 15) is 4.79 Å². The summed E-state index contributed by atoms with van der Waals surface area (Å²) in [7, 11) is 1.58. The Bertz CT molecular complexity index is 140. The SMILES string of the molecule is COCC(C)(C)[C@H](C)C(=O)O. The molecule has 0 aliphatic rings. The molecule has 1 N–H and O–H groups in total. The molecule has 0 aromatic heterocycles. The molecule has 0 bridgehead atoms. The minimum Gasteiger partial charge on any atom is -0.481 e. The van der Waals surface area contributed by atoms with Gasteiger partial charge in [-0.15, -0.1) is 0 Å². The molecule has 0 aromatic carbocycles. The molecule has 0 unspecified atom stereocenters. The summed E-state index contributed by atoms with van der Waals surface area (Å²) >= 11 is 0. The van der Waals surface area contributed by atoms with E-state index in [2.05, 4.69) is 0 Å². The quantitative estimate of drug-likeness (QED) is 0.675. The van der Waals surface area contributed by atoms with E-state index in [0.717, 1.165) is 0 Å². The van der Waals surface area contributed by atoms with E-state index in [-0.39, 0.29) is 11.3 Å². The van der Waals surface area contributed by atoms with E-state index >= 15 is 0 Å². The Morgan fingerprint density at radius 2 is 2.09 bits per heavy atom. The van der Waals surface area contributed by atoms with E-state index in [0.29, 0.717) is 6.61 Å². The topological polar surface area (TPSA) is 46.5 Å². The molecule has 3 heteroatoms. The fourth-order valence-electron chi connectivity index (χ4n) is 0.831. The highest BCUT2D eigenvalue weighted by molar-refractivity contribution is 5.70. The number of methoxy groups -OCH3 is 1. The van der Waals surface area contributed by atoms with E-state index < -0.39 is 5.97 Å². The van der Waals surface area contributed by atoms with Crippen LogP contribution in [0.25, 0.3) is 0 Å². The number of hydrogen-bond acceptors (Lipinski definition) is 2. The number of carboxylic acids is 1. The molecule has 3 nitrogen and oxygen atoms in total. The normalized spacial score (nSPS) is 14.5. The van der Waals surface area contributed by atoms with Crippen molar-refractivity contribution >= 4 is 5.97 Å². The van der Waals surface area contributed by atoms with Crippen molar-refractivity contribution in [2.75, 3.05) is 13.7 Å². The van der Waals surface area contributed by atoms with Gasteiger partial charge in [-0.3, -0.25) is 4.79 Å². The van der Waals surface area contributed by atoms with Crippen LogP contribution in [0.4, 0.5) is 0 Å². The van der Waals surface area contributed by atoms with Gasteiger partial charge in [0.25, 0.3) is 0 Å². The minimum atomic E-state index is -0.771. The summed E-state index contributed by atoms with van der Waals surface area (Å²) in [5, 5.41) is 8.69. The molecule has 0 heterocycles. The Morgan fingerprint density at radius 1 is 1.64 bits per heavy atom. The van der Waals surface area contributed by atoms with Gasteiger partial charge in [0.2, 0.25) is 0 Å². The average Bonchev–Trinajstić information content (AvgIpc) is 1.86. The summed E-state index contributed by atoms with van der Waals surface area (Å²) in [5.41, 5.74) is -0.291. The van der Waals surface area contributed by atoms with E-state index in [1.807, 2.05) is 13.8 Å². The molecule has 0 spiro atoms. The van der Waals surface area contributed by atoms with Gasteiger partial charge in [-0.25, -0.2) is 0 Å². The number of aliphatic carboxylic acids is 1. The van der Waals surface area contributed by atoms with Crippen LogP contribution in [0.15, 0.2) is 0 Å². The molecule has 66 valence electrons. The lowest BCUT2D eigenvalue weighted by Gasteiger charge is -2.27. The number of carbonyl (C=O) groups is 1. The lowest BCUT2D eigenvalue weighted by molar-refractivity contribution is -0.146. The number of ether oxygens (including phenoxy) is 1. The Kier molecular flexibility index (Phi) is 3.52. The van der Waals surface area contributed by atoms with Crippen LogP contribution in [0.1, 0.15) is 20.8 Å². The van der Waals surface area contributed by atoms with Gasteiger partial charge in [-0.2, -0.15) is 0 Å². The summed E-state index contributed by atoms with van der Waals surface area (Å²) in [5.74, 6) is -1.14. The lowest BCUT2D eigenvalue weighted by atomic mass is 9.81. The van der Waals surface area contributed by atoms with Gasteiger partial charge < -0.3 is 9.84 Å². The van der Waals surface area contributed by atoms with Crippen LogP contribution >= 0.6 is 0 Å². The fourth-order valence-corrected chi connectivity index (χ4v) is 0.831. The van der Waals surface area contributed by atoms with Crippen molar-refractivity contribution in [1.29, 1.82) is 0 Å². The zero-order chi connectivity index (χ0) is 9.07. The van der Waals surface area contributed by atoms with E-state index in [4.69, 9.17) is 9.84 Å². The number of rotatable bonds is 4. The summed E-state index contributed by atoms with van der Waals surface area (Å²) in [6.45, 7) is 5.94. The van der Waals surface area contributed by atoms with Crippen LogP contribution in [-0.2, 0) is 9.53 Å². The highest BCUT2D eigenvalue weighted by Crippen LogP contribution is 2.26. The molecule has 11 heavy (non-hydrogen) atoms. The minimum absolute atomic E-state index is 0.291. The number of hydrogen-bond donors (Lipinski definition) is 1. The first-order chi connectivity index (χ1) is 4.91. The summed E-state index contributed by atoms with van der Waals surface area (Å²) in [4.78, 5) is 10.6. The van der Waals surface area contributed by atoms with Gasteiger partial charge in [0.15, 0.2) is 0 Å². The predicted octanol–water partition coefficient (Wildman–Crippen LogP) is 1.38. The molecule has 0 aliphatic carbocycles. The van der Waals surface area contributed by atoms with Crippen molar-refractivity contribution in [1.82, 2.24) is 0 Å². The van der Waals surface area contributed by atoms with Crippen molar-refractivity contribution < 1.29 is 14.6 Å². The van der Waals surface area contributed by atoms with Crippen LogP contribution in [-0.4, -0.2) is 24.8 Å². The predicted molar refractivity (Wildman–Crippen MR) is 42.5 cm³/mol. The molecule has 0 aliphatic heterocycles. The van der Waals surface area contributed by atoms with Crippen LogP contribution in [0, 0.1) is 11.3 Å². The highest BCUT2D eigenvalue weighted by atomic mass is 16.5. The molecule has 0 saturated carbocycles. The maximum atomic E-state index is 10.6. The second-order valence-electron chi connectivity index (χ2n) is 3.48. The Labute approximate surface area is 67.4 Å². The van der Waals surface area contributed by atoms with Crippen LogP contribution in [0.5, 0.6) is 0 Å². The van der Waals surface area contributed by atoms with Crippen molar-refractivity contribution in [3.8, 4) is 0 Å². The monoisotopic (exact) mass is 160 g/mol. The third-order valence-corrected chi connectivity index (χ3v) is 2.06. The number of carboxylic acid groups (broad SMARTS) is 1. The van der Waals surface area contributed by atoms with Crippen molar-refractivity contribution in [3.63, 3.8) is 0 Å². The average molecular weight is 160 g/mol. The summed E-state index contributed by atoms with van der Waals surface area (Å²) < 4.78 is 4.91. The second kappa shape index (κ2) is 3.72. The van der Waals surface area contributed by atoms with Gasteiger partial charge in [0.1, 0.15) is 0 Å². The standard InChI is InChI=1S/C8H16O3/c1-6(7(9)10)8(2,3)5-11-4/h6H,5H2,1-4H3,(H,9,10)/t6-/m1/s1. The van der Waals surface area contributed by atoms with Crippen molar-refractivity contribution in [3.05, 3.63) is 0 Å². The first-order valence-electron chi connectivity index (χ1n) is 3.63. The van der Waals surface area contributed by atoms with Crippen molar-refractivity contribution in [2.45, 2.75) is 20.8 Å².